The molecule has 0 amide bonds. The van der Waals surface area contributed by atoms with Crippen molar-refractivity contribution in [1.82, 2.24) is 19.7 Å². The zero-order valence-corrected chi connectivity index (χ0v) is 13.7. The highest BCUT2D eigenvalue weighted by molar-refractivity contribution is 5.94. The number of H-pyrrole nitrogens is 1. The summed E-state index contributed by atoms with van der Waals surface area (Å²) in [5.74, 6) is -0.618. The number of hydrogen-bond acceptors (Lipinski definition) is 4. The van der Waals surface area contributed by atoms with Crippen molar-refractivity contribution < 1.29 is 18.3 Å². The summed E-state index contributed by atoms with van der Waals surface area (Å²) in [5.41, 5.74) is 1.81. The maximum atomic E-state index is 13.5. The number of carbonyl (C=O) groups is 1. The van der Waals surface area contributed by atoms with Crippen molar-refractivity contribution >= 4 is 27.9 Å². The van der Waals surface area contributed by atoms with Gasteiger partial charge in [-0.15, -0.1) is 0 Å². The van der Waals surface area contributed by atoms with Crippen molar-refractivity contribution in [1.29, 1.82) is 0 Å². The normalized spacial score (nSPS) is 12.8. The van der Waals surface area contributed by atoms with E-state index in [0.717, 1.165) is 15.5 Å². The molecule has 0 aliphatic carbocycles. The lowest BCUT2D eigenvalue weighted by molar-refractivity contribution is 0.0233. The van der Waals surface area contributed by atoms with Gasteiger partial charge in [0.15, 0.2) is 11.9 Å². The van der Waals surface area contributed by atoms with Crippen LogP contribution in [0.4, 0.5) is 8.78 Å². The van der Waals surface area contributed by atoms with Gasteiger partial charge in [0.05, 0.1) is 28.3 Å². The Morgan fingerprint density at radius 2 is 2.04 bits per heavy atom. The van der Waals surface area contributed by atoms with Crippen LogP contribution in [-0.2, 0) is 4.74 Å². The van der Waals surface area contributed by atoms with Gasteiger partial charge in [-0.25, -0.2) is 9.78 Å². The molecule has 2 aromatic carbocycles. The van der Waals surface area contributed by atoms with Gasteiger partial charge >= 0.3 is 12.5 Å². The summed E-state index contributed by atoms with van der Waals surface area (Å²) in [5, 5.41) is 7.44. The molecule has 0 saturated carbocycles. The molecule has 0 radical (unpaired) electrons. The fourth-order valence-electron chi connectivity index (χ4n) is 2.91. The summed E-state index contributed by atoms with van der Waals surface area (Å²) in [6.45, 7) is -1.27. The predicted molar refractivity (Wildman–Crippen MR) is 90.9 cm³/mol. The fraction of sp³-hybridized carbons (Fsp3) is 0.167. The number of esters is 1. The van der Waals surface area contributed by atoms with E-state index in [1.54, 1.807) is 48.7 Å². The number of nitrogens with zero attached hydrogens (tertiary/aromatic N) is 3. The van der Waals surface area contributed by atoms with Crippen LogP contribution in [0.2, 0.25) is 0 Å². The average molecular weight is 356 g/mol. The first-order chi connectivity index (χ1) is 12.5. The molecule has 0 unspecified atom stereocenters. The molecular weight excluding hydrogens is 342 g/mol. The van der Waals surface area contributed by atoms with Gasteiger partial charge in [0.25, 0.3) is 0 Å². The second-order valence-corrected chi connectivity index (χ2v) is 5.83. The number of aromatic nitrogens is 4. The summed E-state index contributed by atoms with van der Waals surface area (Å²) < 4.78 is 33.2. The number of benzene rings is 2. The van der Waals surface area contributed by atoms with Crippen molar-refractivity contribution in [3.63, 3.8) is 0 Å². The Morgan fingerprint density at radius 3 is 2.85 bits per heavy atom. The number of para-hydroxylation sites is 2. The molecule has 0 fully saturated rings. The lowest BCUT2D eigenvalue weighted by Gasteiger charge is -2.15. The molecule has 0 spiro atoms. The molecule has 6 nitrogen and oxygen atoms in total. The molecule has 4 rings (SSSR count). The molecule has 0 aliphatic rings. The van der Waals surface area contributed by atoms with Crippen molar-refractivity contribution in [2.75, 3.05) is 0 Å². The molecule has 26 heavy (non-hydrogen) atoms. The van der Waals surface area contributed by atoms with Crippen molar-refractivity contribution in [2.45, 2.75) is 19.6 Å². The van der Waals surface area contributed by atoms with E-state index in [0.29, 0.717) is 16.6 Å². The minimum Gasteiger partial charge on any atom is -0.451 e. The van der Waals surface area contributed by atoms with Gasteiger partial charge in [0, 0.05) is 5.39 Å². The second-order valence-electron chi connectivity index (χ2n) is 5.83. The highest BCUT2D eigenvalue weighted by atomic mass is 19.3. The zero-order chi connectivity index (χ0) is 18.3. The molecule has 0 bridgehead atoms. The first-order valence-corrected chi connectivity index (χ1v) is 7.93. The van der Waals surface area contributed by atoms with Gasteiger partial charge in [-0.3, -0.25) is 9.67 Å². The van der Waals surface area contributed by atoms with Crippen molar-refractivity contribution in [3.8, 4) is 0 Å². The van der Waals surface area contributed by atoms with E-state index >= 15 is 0 Å². The van der Waals surface area contributed by atoms with Gasteiger partial charge < -0.3 is 4.74 Å². The van der Waals surface area contributed by atoms with E-state index in [9.17, 15) is 13.6 Å². The number of halogens is 2. The van der Waals surface area contributed by atoms with Crippen LogP contribution in [0.25, 0.3) is 21.9 Å². The molecule has 2 aromatic heterocycles. The predicted octanol–water partition coefficient (Wildman–Crippen LogP) is 4.23. The van der Waals surface area contributed by atoms with Crippen LogP contribution in [0.5, 0.6) is 0 Å². The number of hydrogen-bond donors (Lipinski definition) is 1. The van der Waals surface area contributed by atoms with E-state index < -0.39 is 18.6 Å². The standard InChI is InChI=1S/C18H14F2N4O2/c1-10(16-22-14-4-2-3-5-15(14)24(16)18(19)20)26-17(25)11-6-7-13-12(8-11)9-21-23-13/h2-10,18H,1H3,(H,21,23)/t10-/m0/s1. The summed E-state index contributed by atoms with van der Waals surface area (Å²) in [7, 11) is 0. The molecule has 0 aliphatic heterocycles. The van der Waals surface area contributed by atoms with Gasteiger partial charge in [-0.2, -0.15) is 13.9 Å². The lowest BCUT2D eigenvalue weighted by Crippen LogP contribution is -2.14. The number of ether oxygens (including phenoxy) is 1. The summed E-state index contributed by atoms with van der Waals surface area (Å²) in [6, 6.07) is 11.5. The van der Waals surface area contributed by atoms with E-state index in [2.05, 4.69) is 15.2 Å². The third-order valence-electron chi connectivity index (χ3n) is 4.14. The summed E-state index contributed by atoms with van der Waals surface area (Å²) >= 11 is 0. The smallest absolute Gasteiger partial charge is 0.338 e. The van der Waals surface area contributed by atoms with Gasteiger partial charge in [0.1, 0.15) is 0 Å². The number of alkyl halides is 2. The van der Waals surface area contributed by atoms with E-state index in [-0.39, 0.29) is 5.82 Å². The molecule has 0 saturated heterocycles. The molecule has 2 heterocycles. The monoisotopic (exact) mass is 356 g/mol. The molecular formula is C18H14F2N4O2. The molecule has 4 aromatic rings. The summed E-state index contributed by atoms with van der Waals surface area (Å²) in [4.78, 5) is 16.6. The Bertz CT molecular complexity index is 1100. The second kappa shape index (κ2) is 6.21. The number of aromatic amines is 1. The van der Waals surface area contributed by atoms with Gasteiger partial charge in [-0.05, 0) is 37.3 Å². The number of rotatable bonds is 4. The van der Waals surface area contributed by atoms with Gasteiger partial charge in [-0.1, -0.05) is 12.1 Å². The van der Waals surface area contributed by atoms with E-state index in [1.165, 1.54) is 6.92 Å². The van der Waals surface area contributed by atoms with Crippen LogP contribution < -0.4 is 0 Å². The van der Waals surface area contributed by atoms with Crippen LogP contribution in [0, 0.1) is 0 Å². The van der Waals surface area contributed by atoms with Crippen LogP contribution in [0.3, 0.4) is 0 Å². The molecule has 1 atom stereocenters. The third kappa shape index (κ3) is 2.69. The Kier molecular flexibility index (Phi) is 3.87. The number of nitrogens with one attached hydrogen (secondary N) is 1. The first kappa shape index (κ1) is 16.2. The number of carbonyl (C=O) groups excluding carboxylic acids is 1. The third-order valence-corrected chi connectivity index (χ3v) is 4.14. The minimum absolute atomic E-state index is 0.000982. The maximum absolute atomic E-state index is 13.5. The Morgan fingerprint density at radius 1 is 1.23 bits per heavy atom. The zero-order valence-electron chi connectivity index (χ0n) is 13.7. The highest BCUT2D eigenvalue weighted by Crippen LogP contribution is 2.28. The lowest BCUT2D eigenvalue weighted by atomic mass is 10.1. The van der Waals surface area contributed by atoms with Gasteiger partial charge in [0.2, 0.25) is 0 Å². The Balaban J connectivity index is 1.65. The first-order valence-electron chi connectivity index (χ1n) is 7.93. The SMILES string of the molecule is C[C@H](OC(=O)c1ccc2[nH]ncc2c1)c1nc2ccccc2n1C(F)F. The van der Waals surface area contributed by atoms with Crippen LogP contribution in [0.15, 0.2) is 48.7 Å². The van der Waals surface area contributed by atoms with Crippen LogP contribution >= 0.6 is 0 Å². The molecule has 132 valence electrons. The van der Waals surface area contributed by atoms with E-state index in [1.807, 2.05) is 0 Å². The molecule has 8 heteroatoms. The largest absolute Gasteiger partial charge is 0.451 e. The Labute approximate surface area is 146 Å². The number of imidazole rings is 1. The van der Waals surface area contributed by atoms with Crippen LogP contribution in [0.1, 0.15) is 35.8 Å². The topological polar surface area (TPSA) is 72.8 Å². The quantitative estimate of drug-likeness (QED) is 0.556. The highest BCUT2D eigenvalue weighted by Gasteiger charge is 2.24. The van der Waals surface area contributed by atoms with Crippen LogP contribution in [-0.4, -0.2) is 25.7 Å². The van der Waals surface area contributed by atoms with Crippen molar-refractivity contribution in [2.24, 2.45) is 0 Å². The number of fused-ring (bicyclic) bond motifs is 2. The fourth-order valence-corrected chi connectivity index (χ4v) is 2.91. The Hall–Kier alpha value is -3.29. The summed E-state index contributed by atoms with van der Waals surface area (Å²) in [6.07, 6.45) is 0.648. The van der Waals surface area contributed by atoms with E-state index in [4.69, 9.17) is 4.74 Å². The maximum Gasteiger partial charge on any atom is 0.338 e. The minimum atomic E-state index is -2.79. The molecule has 1 N–H and O–H groups in total. The van der Waals surface area contributed by atoms with Crippen molar-refractivity contribution in [3.05, 3.63) is 60.0 Å². The average Bonchev–Trinajstić information content (AvgIpc) is 3.25.